The largest absolute Gasteiger partial charge is 0.384 e. The van der Waals surface area contributed by atoms with Crippen molar-refractivity contribution in [3.05, 3.63) is 35.1 Å². The SMILES string of the molecule is OCC#Cc1cc(F)cc(CN2CCSCC2)c1. The summed E-state index contributed by atoms with van der Waals surface area (Å²) in [4.78, 5) is 2.33. The summed E-state index contributed by atoms with van der Waals surface area (Å²) in [5, 5.41) is 8.65. The number of thioether (sulfide) groups is 1. The molecular weight excluding hydrogens is 249 g/mol. The molecule has 0 aromatic heterocycles. The van der Waals surface area contributed by atoms with Gasteiger partial charge in [0.2, 0.25) is 0 Å². The molecule has 0 atom stereocenters. The van der Waals surface area contributed by atoms with Gasteiger partial charge in [0, 0.05) is 36.7 Å². The fraction of sp³-hybridized carbons (Fsp3) is 0.429. The summed E-state index contributed by atoms with van der Waals surface area (Å²) >= 11 is 1.96. The quantitative estimate of drug-likeness (QED) is 0.824. The lowest BCUT2D eigenvalue weighted by Gasteiger charge is -2.26. The van der Waals surface area contributed by atoms with Crippen LogP contribution in [0, 0.1) is 17.7 Å². The number of hydrogen-bond acceptors (Lipinski definition) is 3. The Morgan fingerprint density at radius 1 is 1.28 bits per heavy atom. The van der Waals surface area contributed by atoms with Crippen LogP contribution in [0.25, 0.3) is 0 Å². The first-order valence-electron chi connectivity index (χ1n) is 5.97. The fourth-order valence-electron chi connectivity index (χ4n) is 1.97. The van der Waals surface area contributed by atoms with Crippen LogP contribution in [-0.2, 0) is 6.54 Å². The van der Waals surface area contributed by atoms with Crippen LogP contribution in [0.4, 0.5) is 4.39 Å². The molecule has 1 saturated heterocycles. The van der Waals surface area contributed by atoms with Gasteiger partial charge >= 0.3 is 0 Å². The second-order valence-corrected chi connectivity index (χ2v) is 5.42. The minimum absolute atomic E-state index is 0.199. The van der Waals surface area contributed by atoms with Crippen LogP contribution in [0.3, 0.4) is 0 Å². The lowest BCUT2D eigenvalue weighted by atomic mass is 10.1. The van der Waals surface area contributed by atoms with Crippen LogP contribution in [0.1, 0.15) is 11.1 Å². The molecule has 1 aliphatic rings. The monoisotopic (exact) mass is 265 g/mol. The highest BCUT2D eigenvalue weighted by Crippen LogP contribution is 2.15. The van der Waals surface area contributed by atoms with Crippen LogP contribution >= 0.6 is 11.8 Å². The van der Waals surface area contributed by atoms with Crippen molar-refractivity contribution in [2.24, 2.45) is 0 Å². The average Bonchev–Trinajstić information content (AvgIpc) is 2.37. The lowest BCUT2D eigenvalue weighted by molar-refractivity contribution is 0.294. The van der Waals surface area contributed by atoms with Crippen molar-refractivity contribution >= 4 is 11.8 Å². The van der Waals surface area contributed by atoms with E-state index in [2.05, 4.69) is 16.7 Å². The third kappa shape index (κ3) is 4.02. The highest BCUT2D eigenvalue weighted by atomic mass is 32.2. The van der Waals surface area contributed by atoms with Crippen LogP contribution < -0.4 is 0 Å². The van der Waals surface area contributed by atoms with Gasteiger partial charge in [0.25, 0.3) is 0 Å². The molecule has 1 N–H and O–H groups in total. The minimum atomic E-state index is -0.263. The molecule has 0 saturated carbocycles. The first-order valence-corrected chi connectivity index (χ1v) is 7.13. The van der Waals surface area contributed by atoms with Gasteiger partial charge in [-0.15, -0.1) is 0 Å². The third-order valence-electron chi connectivity index (χ3n) is 2.78. The maximum Gasteiger partial charge on any atom is 0.124 e. The van der Waals surface area contributed by atoms with Gasteiger partial charge in [-0.25, -0.2) is 4.39 Å². The highest BCUT2D eigenvalue weighted by Gasteiger charge is 2.11. The van der Waals surface area contributed by atoms with Gasteiger partial charge in [-0.2, -0.15) is 11.8 Å². The van der Waals surface area contributed by atoms with Gasteiger partial charge < -0.3 is 5.11 Å². The molecule has 0 radical (unpaired) electrons. The van der Waals surface area contributed by atoms with Gasteiger partial charge in [0.1, 0.15) is 12.4 Å². The topological polar surface area (TPSA) is 23.5 Å². The highest BCUT2D eigenvalue weighted by molar-refractivity contribution is 7.99. The maximum atomic E-state index is 13.5. The number of hydrogen-bond donors (Lipinski definition) is 1. The van der Waals surface area contributed by atoms with E-state index < -0.39 is 0 Å². The van der Waals surface area contributed by atoms with Gasteiger partial charge in [-0.3, -0.25) is 4.90 Å². The molecule has 0 unspecified atom stereocenters. The maximum absolute atomic E-state index is 13.5. The summed E-state index contributed by atoms with van der Waals surface area (Å²) in [6.07, 6.45) is 0. The zero-order valence-corrected chi connectivity index (χ0v) is 11.0. The average molecular weight is 265 g/mol. The van der Waals surface area contributed by atoms with Crippen molar-refractivity contribution in [3.63, 3.8) is 0 Å². The van der Waals surface area contributed by atoms with Gasteiger partial charge in [-0.1, -0.05) is 11.8 Å². The second kappa shape index (κ2) is 6.79. The second-order valence-electron chi connectivity index (χ2n) is 4.20. The Hall–Kier alpha value is -1.02. The Balaban J connectivity index is 2.09. The molecular formula is C14H16FNOS. The van der Waals surface area contributed by atoms with Crippen molar-refractivity contribution in [2.45, 2.75) is 6.54 Å². The Morgan fingerprint density at radius 3 is 2.78 bits per heavy atom. The zero-order valence-electron chi connectivity index (χ0n) is 10.2. The van der Waals surface area contributed by atoms with E-state index in [1.165, 1.54) is 6.07 Å². The van der Waals surface area contributed by atoms with E-state index in [0.717, 1.165) is 36.7 Å². The Labute approximate surface area is 111 Å². The molecule has 1 fully saturated rings. The molecule has 96 valence electrons. The molecule has 18 heavy (non-hydrogen) atoms. The van der Waals surface area contributed by atoms with Crippen molar-refractivity contribution in [2.75, 3.05) is 31.2 Å². The minimum Gasteiger partial charge on any atom is -0.384 e. The Morgan fingerprint density at radius 2 is 2.06 bits per heavy atom. The summed E-state index contributed by atoms with van der Waals surface area (Å²) in [5.74, 6) is 7.32. The number of aliphatic hydroxyl groups excluding tert-OH is 1. The molecule has 0 amide bonds. The number of rotatable bonds is 2. The number of halogens is 1. The molecule has 0 spiro atoms. The number of aliphatic hydroxyl groups is 1. The Kier molecular flexibility index (Phi) is 5.06. The lowest BCUT2D eigenvalue weighted by Crippen LogP contribution is -2.32. The van der Waals surface area contributed by atoms with Crippen molar-refractivity contribution in [1.82, 2.24) is 4.90 Å². The fourth-order valence-corrected chi connectivity index (χ4v) is 2.95. The molecule has 2 rings (SSSR count). The molecule has 0 aliphatic carbocycles. The van der Waals surface area contributed by atoms with E-state index in [1.807, 2.05) is 17.8 Å². The van der Waals surface area contributed by atoms with E-state index in [-0.39, 0.29) is 12.4 Å². The summed E-state index contributed by atoms with van der Waals surface area (Å²) in [5.41, 5.74) is 1.58. The normalized spacial score (nSPS) is 16.1. The van der Waals surface area contributed by atoms with E-state index in [4.69, 9.17) is 5.11 Å². The summed E-state index contributed by atoms with van der Waals surface area (Å²) < 4.78 is 13.5. The molecule has 1 heterocycles. The molecule has 1 aliphatic heterocycles. The smallest absolute Gasteiger partial charge is 0.124 e. The van der Waals surface area contributed by atoms with E-state index in [0.29, 0.717) is 5.56 Å². The van der Waals surface area contributed by atoms with E-state index >= 15 is 0 Å². The van der Waals surface area contributed by atoms with Crippen LogP contribution in [0.2, 0.25) is 0 Å². The van der Waals surface area contributed by atoms with E-state index in [1.54, 1.807) is 6.07 Å². The number of nitrogens with zero attached hydrogens (tertiary/aromatic N) is 1. The summed E-state index contributed by atoms with van der Waals surface area (Å²) in [7, 11) is 0. The van der Waals surface area contributed by atoms with Crippen LogP contribution in [0.5, 0.6) is 0 Å². The van der Waals surface area contributed by atoms with E-state index in [9.17, 15) is 4.39 Å². The number of benzene rings is 1. The first-order chi connectivity index (χ1) is 8.78. The third-order valence-corrected chi connectivity index (χ3v) is 3.72. The standard InChI is InChI=1S/C14H16FNOS/c15-14-9-12(2-1-5-17)8-13(10-14)11-16-3-6-18-7-4-16/h8-10,17H,3-7,11H2. The van der Waals surface area contributed by atoms with Crippen LogP contribution in [-0.4, -0.2) is 41.2 Å². The van der Waals surface area contributed by atoms with Gasteiger partial charge in [0.15, 0.2) is 0 Å². The van der Waals surface area contributed by atoms with Gasteiger partial charge in [-0.05, 0) is 23.8 Å². The molecule has 4 heteroatoms. The summed E-state index contributed by atoms with van der Waals surface area (Å²) in [6, 6.07) is 4.86. The molecule has 1 aromatic carbocycles. The van der Waals surface area contributed by atoms with Crippen LogP contribution in [0.15, 0.2) is 18.2 Å². The zero-order chi connectivity index (χ0) is 12.8. The van der Waals surface area contributed by atoms with Crippen molar-refractivity contribution < 1.29 is 9.50 Å². The Bertz CT molecular complexity index is 461. The predicted molar refractivity (Wildman–Crippen MR) is 73.0 cm³/mol. The van der Waals surface area contributed by atoms with Crippen molar-refractivity contribution in [3.8, 4) is 11.8 Å². The van der Waals surface area contributed by atoms with Gasteiger partial charge in [0.05, 0.1) is 0 Å². The molecule has 0 bridgehead atoms. The predicted octanol–water partition coefficient (Wildman–Crippen LogP) is 1.72. The first kappa shape index (κ1) is 13.4. The van der Waals surface area contributed by atoms with Crippen molar-refractivity contribution in [1.29, 1.82) is 0 Å². The molecule has 2 nitrogen and oxygen atoms in total. The molecule has 1 aromatic rings. The summed E-state index contributed by atoms with van der Waals surface area (Å²) in [6.45, 7) is 2.68.